The molecule has 0 atom stereocenters. The molecule has 1 heterocycles. The van der Waals surface area contributed by atoms with Gasteiger partial charge in [0.1, 0.15) is 0 Å². The Morgan fingerprint density at radius 2 is 1.81 bits per heavy atom. The van der Waals surface area contributed by atoms with Gasteiger partial charge in [-0.1, -0.05) is 31.5 Å². The maximum atomic E-state index is 5.85. The minimum Gasteiger partial charge on any atom is -0.368 e. The van der Waals surface area contributed by atoms with Crippen molar-refractivity contribution in [2.45, 2.75) is 33.6 Å². The second-order valence-corrected chi connectivity index (χ2v) is 4.94. The van der Waals surface area contributed by atoms with E-state index in [9.17, 15) is 0 Å². The second kappa shape index (κ2) is 7.02. The zero-order valence-corrected chi connectivity index (χ0v) is 13.0. The molecule has 0 spiro atoms. The lowest BCUT2D eigenvalue weighted by molar-refractivity contribution is 0.816. The van der Waals surface area contributed by atoms with Crippen LogP contribution in [0.4, 0.5) is 11.9 Å². The molecule has 0 aliphatic rings. The predicted octanol–water partition coefficient (Wildman–Crippen LogP) is 2.92. The van der Waals surface area contributed by atoms with Gasteiger partial charge < -0.3 is 10.6 Å². The summed E-state index contributed by atoms with van der Waals surface area (Å²) in [5.41, 5.74) is 8.13. The summed E-state index contributed by atoms with van der Waals surface area (Å²) in [5, 5.41) is 0. The van der Waals surface area contributed by atoms with E-state index >= 15 is 0 Å². The fraction of sp³-hybridized carbons (Fsp3) is 0.438. The van der Waals surface area contributed by atoms with E-state index in [1.165, 1.54) is 5.56 Å². The Kier molecular flexibility index (Phi) is 5.09. The molecule has 0 radical (unpaired) electrons. The van der Waals surface area contributed by atoms with Gasteiger partial charge in [0.2, 0.25) is 11.9 Å². The van der Waals surface area contributed by atoms with Crippen LogP contribution in [-0.4, -0.2) is 28.0 Å². The number of hydrogen-bond acceptors (Lipinski definition) is 5. The van der Waals surface area contributed by atoms with Crippen LogP contribution in [0.3, 0.4) is 0 Å². The molecule has 2 N–H and O–H groups in total. The fourth-order valence-corrected chi connectivity index (χ4v) is 2.31. The number of aryl methyl sites for hydroxylation is 1. The van der Waals surface area contributed by atoms with E-state index < -0.39 is 0 Å². The summed E-state index contributed by atoms with van der Waals surface area (Å²) in [5.74, 6) is 1.55. The third-order valence-corrected chi connectivity index (χ3v) is 3.41. The summed E-state index contributed by atoms with van der Waals surface area (Å²) in [6, 6.07) is 8.31. The third-order valence-electron chi connectivity index (χ3n) is 3.41. The maximum absolute atomic E-state index is 5.85. The highest BCUT2D eigenvalue weighted by atomic mass is 15.3. The highest BCUT2D eigenvalue weighted by Crippen LogP contribution is 2.20. The zero-order valence-electron chi connectivity index (χ0n) is 13.0. The van der Waals surface area contributed by atoms with Gasteiger partial charge >= 0.3 is 0 Å². The summed E-state index contributed by atoms with van der Waals surface area (Å²) < 4.78 is 0. The monoisotopic (exact) mass is 285 g/mol. The van der Waals surface area contributed by atoms with Crippen LogP contribution in [0.15, 0.2) is 24.3 Å². The molecular formula is C16H23N5. The highest BCUT2D eigenvalue weighted by Gasteiger charge is 2.11. The molecule has 2 aromatic rings. The van der Waals surface area contributed by atoms with Gasteiger partial charge in [0.15, 0.2) is 5.82 Å². The Bertz CT molecular complexity index is 593. The van der Waals surface area contributed by atoms with Crippen LogP contribution < -0.4 is 10.6 Å². The summed E-state index contributed by atoms with van der Waals surface area (Å²) in [6.45, 7) is 8.01. The lowest BCUT2D eigenvalue weighted by Gasteiger charge is -2.19. The van der Waals surface area contributed by atoms with Crippen LogP contribution in [0.25, 0.3) is 11.4 Å². The van der Waals surface area contributed by atoms with Crippen LogP contribution in [0.1, 0.15) is 32.8 Å². The molecule has 0 saturated heterocycles. The minimum absolute atomic E-state index is 0.266. The number of nitrogens with zero attached hydrogens (tertiary/aromatic N) is 4. The van der Waals surface area contributed by atoms with Crippen LogP contribution in [0.2, 0.25) is 0 Å². The molecular weight excluding hydrogens is 262 g/mol. The number of nitrogens with two attached hydrogens (primary N) is 1. The van der Waals surface area contributed by atoms with Crippen molar-refractivity contribution >= 4 is 11.9 Å². The number of rotatable bonds is 6. The van der Waals surface area contributed by atoms with Gasteiger partial charge in [-0.05, 0) is 31.9 Å². The molecule has 0 unspecified atom stereocenters. The average Bonchev–Trinajstić information content (AvgIpc) is 2.49. The van der Waals surface area contributed by atoms with Gasteiger partial charge in [-0.3, -0.25) is 0 Å². The van der Waals surface area contributed by atoms with Crippen molar-refractivity contribution in [2.24, 2.45) is 0 Å². The molecule has 0 amide bonds. The topological polar surface area (TPSA) is 67.9 Å². The molecule has 5 nitrogen and oxygen atoms in total. The average molecular weight is 285 g/mol. The summed E-state index contributed by atoms with van der Waals surface area (Å²) in [4.78, 5) is 15.2. The van der Waals surface area contributed by atoms with Crippen molar-refractivity contribution in [1.82, 2.24) is 15.0 Å². The minimum atomic E-state index is 0.266. The van der Waals surface area contributed by atoms with E-state index in [0.717, 1.165) is 31.5 Å². The number of hydrogen-bond donors (Lipinski definition) is 1. The molecule has 21 heavy (non-hydrogen) atoms. The Labute approximate surface area is 126 Å². The summed E-state index contributed by atoms with van der Waals surface area (Å²) in [7, 11) is 0. The van der Waals surface area contributed by atoms with Crippen molar-refractivity contribution in [1.29, 1.82) is 0 Å². The van der Waals surface area contributed by atoms with Gasteiger partial charge in [-0.15, -0.1) is 0 Å². The Morgan fingerprint density at radius 1 is 1.05 bits per heavy atom. The molecule has 0 aliphatic carbocycles. The van der Waals surface area contributed by atoms with Gasteiger partial charge in [-0.25, -0.2) is 0 Å². The fourth-order valence-electron chi connectivity index (χ4n) is 2.31. The van der Waals surface area contributed by atoms with E-state index in [1.54, 1.807) is 0 Å². The van der Waals surface area contributed by atoms with Gasteiger partial charge in [0, 0.05) is 18.7 Å². The Morgan fingerprint density at radius 3 is 2.48 bits per heavy atom. The number of benzene rings is 1. The van der Waals surface area contributed by atoms with E-state index in [0.29, 0.717) is 11.8 Å². The Hall–Kier alpha value is -2.17. The van der Waals surface area contributed by atoms with Crippen molar-refractivity contribution in [3.63, 3.8) is 0 Å². The standard InChI is InChI=1S/C16H23N5/c1-4-8-12-9-7-10-13(11-12)14-18-15(17)20-16(19-14)21(5-2)6-3/h7,9-11H,4-6,8H2,1-3H3,(H2,17,18,19,20). The maximum Gasteiger partial charge on any atom is 0.230 e. The van der Waals surface area contributed by atoms with Crippen molar-refractivity contribution in [3.8, 4) is 11.4 Å². The Balaban J connectivity index is 2.41. The molecule has 2 rings (SSSR count). The lowest BCUT2D eigenvalue weighted by Crippen LogP contribution is -2.25. The zero-order chi connectivity index (χ0) is 15.2. The molecule has 0 fully saturated rings. The summed E-state index contributed by atoms with van der Waals surface area (Å²) >= 11 is 0. The van der Waals surface area contributed by atoms with Crippen molar-refractivity contribution in [3.05, 3.63) is 29.8 Å². The van der Waals surface area contributed by atoms with E-state index in [4.69, 9.17) is 5.73 Å². The van der Waals surface area contributed by atoms with Crippen LogP contribution >= 0.6 is 0 Å². The molecule has 0 bridgehead atoms. The number of anilines is 2. The first-order valence-electron chi connectivity index (χ1n) is 7.53. The second-order valence-electron chi connectivity index (χ2n) is 4.94. The first-order chi connectivity index (χ1) is 10.2. The van der Waals surface area contributed by atoms with E-state index in [-0.39, 0.29) is 5.95 Å². The quantitative estimate of drug-likeness (QED) is 0.883. The first kappa shape index (κ1) is 15.2. The summed E-state index contributed by atoms with van der Waals surface area (Å²) in [6.07, 6.45) is 2.17. The molecule has 1 aromatic carbocycles. The SMILES string of the molecule is CCCc1cccc(-c2nc(N)nc(N(CC)CC)n2)c1. The van der Waals surface area contributed by atoms with Crippen molar-refractivity contribution in [2.75, 3.05) is 23.7 Å². The van der Waals surface area contributed by atoms with E-state index in [1.807, 2.05) is 12.1 Å². The van der Waals surface area contributed by atoms with Gasteiger partial charge in [0.05, 0.1) is 0 Å². The van der Waals surface area contributed by atoms with Crippen LogP contribution in [0.5, 0.6) is 0 Å². The normalized spacial score (nSPS) is 10.6. The van der Waals surface area contributed by atoms with E-state index in [2.05, 4.69) is 52.8 Å². The predicted molar refractivity (Wildman–Crippen MR) is 87.2 cm³/mol. The molecule has 1 aromatic heterocycles. The molecule has 5 heteroatoms. The van der Waals surface area contributed by atoms with Gasteiger partial charge in [0.25, 0.3) is 0 Å². The number of aromatic nitrogens is 3. The molecule has 0 saturated carbocycles. The highest BCUT2D eigenvalue weighted by molar-refractivity contribution is 5.58. The smallest absolute Gasteiger partial charge is 0.230 e. The molecule has 0 aliphatic heterocycles. The first-order valence-corrected chi connectivity index (χ1v) is 7.53. The van der Waals surface area contributed by atoms with Crippen LogP contribution in [-0.2, 0) is 6.42 Å². The third kappa shape index (κ3) is 3.68. The largest absolute Gasteiger partial charge is 0.368 e. The van der Waals surface area contributed by atoms with Crippen molar-refractivity contribution < 1.29 is 0 Å². The number of nitrogen functional groups attached to an aromatic ring is 1. The van der Waals surface area contributed by atoms with Gasteiger partial charge in [-0.2, -0.15) is 15.0 Å². The molecule has 112 valence electrons. The van der Waals surface area contributed by atoms with Crippen LogP contribution in [0, 0.1) is 0 Å². The lowest BCUT2D eigenvalue weighted by atomic mass is 10.1.